The molecule has 2 rings (SSSR count). The van der Waals surface area contributed by atoms with Crippen molar-refractivity contribution in [3.8, 4) is 11.5 Å². The molecule has 0 bridgehead atoms. The van der Waals surface area contributed by atoms with Crippen molar-refractivity contribution < 1.29 is 14.6 Å². The zero-order valence-electron chi connectivity index (χ0n) is 11.8. The maximum atomic E-state index is 10.5. The first kappa shape index (κ1) is 16.0. The molecule has 3 nitrogen and oxygen atoms in total. The van der Waals surface area contributed by atoms with Gasteiger partial charge in [0.2, 0.25) is 0 Å². The number of hydrogen-bond donors (Lipinski definition) is 1. The van der Waals surface area contributed by atoms with Crippen molar-refractivity contribution in [2.75, 3.05) is 13.7 Å². The molecular weight excluding hydrogens is 311 g/mol. The second kappa shape index (κ2) is 7.03. The average Bonchev–Trinajstić information content (AvgIpc) is 2.50. The zero-order chi connectivity index (χ0) is 15.4. The van der Waals surface area contributed by atoms with Gasteiger partial charge in [-0.2, -0.15) is 0 Å². The lowest BCUT2D eigenvalue weighted by molar-refractivity contribution is 0.219. The summed E-state index contributed by atoms with van der Waals surface area (Å²) in [7, 11) is 1.58. The van der Waals surface area contributed by atoms with Crippen LogP contribution >= 0.6 is 23.2 Å². The van der Waals surface area contributed by atoms with Crippen LogP contribution in [0.3, 0.4) is 0 Å². The highest BCUT2D eigenvalue weighted by molar-refractivity contribution is 6.34. The lowest BCUT2D eigenvalue weighted by atomic mass is 10.0. The lowest BCUT2D eigenvalue weighted by Crippen LogP contribution is -2.02. The quantitative estimate of drug-likeness (QED) is 0.880. The maximum Gasteiger partial charge on any atom is 0.139 e. The van der Waals surface area contributed by atoms with Gasteiger partial charge < -0.3 is 14.6 Å². The van der Waals surface area contributed by atoms with Crippen LogP contribution in [0, 0.1) is 0 Å². The molecule has 0 saturated heterocycles. The summed E-state index contributed by atoms with van der Waals surface area (Å²) in [4.78, 5) is 0. The Morgan fingerprint density at radius 3 is 2.57 bits per heavy atom. The molecule has 1 N–H and O–H groups in total. The molecule has 0 fully saturated rings. The number of methoxy groups -OCH3 is 1. The SMILES string of the molecule is CCOc1cc(Cl)c(C(O)c2cccc(OC)c2)cc1Cl. The van der Waals surface area contributed by atoms with Crippen LogP contribution in [-0.2, 0) is 0 Å². The van der Waals surface area contributed by atoms with Gasteiger partial charge in [0.15, 0.2) is 0 Å². The van der Waals surface area contributed by atoms with Gasteiger partial charge in [-0.3, -0.25) is 0 Å². The highest BCUT2D eigenvalue weighted by Crippen LogP contribution is 2.36. The monoisotopic (exact) mass is 326 g/mol. The molecule has 0 spiro atoms. The van der Waals surface area contributed by atoms with Crippen LogP contribution in [0.1, 0.15) is 24.2 Å². The minimum Gasteiger partial charge on any atom is -0.497 e. The summed E-state index contributed by atoms with van der Waals surface area (Å²) in [5, 5.41) is 11.3. The van der Waals surface area contributed by atoms with E-state index in [4.69, 9.17) is 32.7 Å². The lowest BCUT2D eigenvalue weighted by Gasteiger charge is -2.16. The Bertz CT molecular complexity index is 629. The molecule has 0 aliphatic carbocycles. The van der Waals surface area contributed by atoms with Gasteiger partial charge in [-0.1, -0.05) is 35.3 Å². The molecule has 5 heteroatoms. The molecule has 21 heavy (non-hydrogen) atoms. The van der Waals surface area contributed by atoms with Gasteiger partial charge in [0.1, 0.15) is 17.6 Å². The topological polar surface area (TPSA) is 38.7 Å². The Hall–Kier alpha value is -1.42. The van der Waals surface area contributed by atoms with Crippen molar-refractivity contribution >= 4 is 23.2 Å². The standard InChI is InChI=1S/C16H16Cl2O3/c1-3-21-15-9-13(17)12(8-14(15)18)16(19)10-5-4-6-11(7-10)20-2/h4-9,16,19H,3H2,1-2H3. The highest BCUT2D eigenvalue weighted by Gasteiger charge is 2.17. The maximum absolute atomic E-state index is 10.5. The van der Waals surface area contributed by atoms with Crippen LogP contribution in [0.4, 0.5) is 0 Å². The third-order valence-electron chi connectivity index (χ3n) is 3.06. The summed E-state index contributed by atoms with van der Waals surface area (Å²) in [5.41, 5.74) is 1.20. The van der Waals surface area contributed by atoms with E-state index in [0.717, 1.165) is 0 Å². The highest BCUT2D eigenvalue weighted by atomic mass is 35.5. The largest absolute Gasteiger partial charge is 0.497 e. The number of hydrogen-bond acceptors (Lipinski definition) is 3. The molecule has 0 aliphatic heterocycles. The smallest absolute Gasteiger partial charge is 0.139 e. The van der Waals surface area contributed by atoms with Crippen LogP contribution in [0.25, 0.3) is 0 Å². The van der Waals surface area contributed by atoms with Gasteiger partial charge in [-0.05, 0) is 30.7 Å². The minimum atomic E-state index is -0.888. The van der Waals surface area contributed by atoms with Crippen LogP contribution in [0.5, 0.6) is 11.5 Å². The van der Waals surface area contributed by atoms with Gasteiger partial charge in [-0.15, -0.1) is 0 Å². The summed E-state index contributed by atoms with van der Waals surface area (Å²) in [6.45, 7) is 2.36. The second-order valence-electron chi connectivity index (χ2n) is 4.42. The van der Waals surface area contributed by atoms with Gasteiger partial charge >= 0.3 is 0 Å². The number of benzene rings is 2. The van der Waals surface area contributed by atoms with E-state index in [1.807, 2.05) is 19.1 Å². The van der Waals surface area contributed by atoms with E-state index in [1.54, 1.807) is 31.4 Å². The fraction of sp³-hybridized carbons (Fsp3) is 0.250. The Kier molecular flexibility index (Phi) is 5.34. The predicted molar refractivity (Wildman–Crippen MR) is 84.7 cm³/mol. The van der Waals surface area contributed by atoms with E-state index in [9.17, 15) is 5.11 Å². The number of halogens is 2. The Morgan fingerprint density at radius 2 is 1.90 bits per heavy atom. The van der Waals surface area contributed by atoms with Crippen molar-refractivity contribution in [3.63, 3.8) is 0 Å². The normalized spacial score (nSPS) is 12.0. The average molecular weight is 327 g/mol. The fourth-order valence-corrected chi connectivity index (χ4v) is 2.49. The van der Waals surface area contributed by atoms with Crippen LogP contribution in [-0.4, -0.2) is 18.8 Å². The predicted octanol–water partition coefficient (Wildman–Crippen LogP) is 4.48. The fourth-order valence-electron chi connectivity index (χ4n) is 2.01. The Labute approximate surface area is 134 Å². The van der Waals surface area contributed by atoms with E-state index in [-0.39, 0.29) is 0 Å². The van der Waals surface area contributed by atoms with Crippen molar-refractivity contribution in [2.45, 2.75) is 13.0 Å². The Morgan fingerprint density at radius 1 is 1.14 bits per heavy atom. The van der Waals surface area contributed by atoms with E-state index in [1.165, 1.54) is 0 Å². The number of aliphatic hydroxyl groups is 1. The molecule has 112 valence electrons. The van der Waals surface area contributed by atoms with E-state index >= 15 is 0 Å². The molecular formula is C16H16Cl2O3. The molecule has 0 amide bonds. The van der Waals surface area contributed by atoms with Crippen molar-refractivity contribution in [3.05, 3.63) is 57.6 Å². The number of aliphatic hydroxyl groups excluding tert-OH is 1. The summed E-state index contributed by atoms with van der Waals surface area (Å²) < 4.78 is 10.5. The first-order valence-electron chi connectivity index (χ1n) is 6.50. The third-order valence-corrected chi connectivity index (χ3v) is 3.68. The van der Waals surface area contributed by atoms with Gasteiger partial charge in [0.05, 0.1) is 23.8 Å². The van der Waals surface area contributed by atoms with Gasteiger partial charge in [0, 0.05) is 11.6 Å². The van der Waals surface area contributed by atoms with Crippen LogP contribution in [0.15, 0.2) is 36.4 Å². The summed E-state index contributed by atoms with van der Waals surface area (Å²) >= 11 is 12.4. The van der Waals surface area contributed by atoms with Crippen molar-refractivity contribution in [2.24, 2.45) is 0 Å². The van der Waals surface area contributed by atoms with Crippen LogP contribution in [0.2, 0.25) is 10.0 Å². The molecule has 2 aromatic carbocycles. The second-order valence-corrected chi connectivity index (χ2v) is 5.23. The minimum absolute atomic E-state index is 0.401. The summed E-state index contributed by atoms with van der Waals surface area (Å²) in [6.07, 6.45) is -0.888. The van der Waals surface area contributed by atoms with Crippen LogP contribution < -0.4 is 9.47 Å². The molecule has 1 unspecified atom stereocenters. The van der Waals surface area contributed by atoms with E-state index in [2.05, 4.69) is 0 Å². The van der Waals surface area contributed by atoms with Crippen molar-refractivity contribution in [1.82, 2.24) is 0 Å². The zero-order valence-corrected chi connectivity index (χ0v) is 13.3. The van der Waals surface area contributed by atoms with Crippen molar-refractivity contribution in [1.29, 1.82) is 0 Å². The van der Waals surface area contributed by atoms with E-state index < -0.39 is 6.10 Å². The molecule has 0 aromatic heterocycles. The first-order chi connectivity index (χ1) is 10.1. The molecule has 0 saturated carbocycles. The molecule has 0 radical (unpaired) electrons. The van der Waals surface area contributed by atoms with Gasteiger partial charge in [0.25, 0.3) is 0 Å². The molecule has 0 heterocycles. The van der Waals surface area contributed by atoms with E-state index in [0.29, 0.717) is 39.3 Å². The number of ether oxygens (including phenoxy) is 2. The first-order valence-corrected chi connectivity index (χ1v) is 7.26. The van der Waals surface area contributed by atoms with Gasteiger partial charge in [-0.25, -0.2) is 0 Å². The summed E-state index contributed by atoms with van der Waals surface area (Å²) in [5.74, 6) is 1.17. The number of rotatable bonds is 5. The third kappa shape index (κ3) is 3.62. The molecule has 1 atom stereocenters. The Balaban J connectivity index is 2.38. The molecule has 2 aromatic rings. The molecule has 0 aliphatic rings. The summed E-state index contributed by atoms with van der Waals surface area (Å²) in [6, 6.07) is 10.4.